The van der Waals surface area contributed by atoms with Gasteiger partial charge < -0.3 is 13.5 Å². The van der Waals surface area contributed by atoms with Gasteiger partial charge >= 0.3 is 7.60 Å². The third-order valence-electron chi connectivity index (χ3n) is 3.91. The van der Waals surface area contributed by atoms with E-state index in [4.69, 9.17) is 13.5 Å². The molecule has 0 unspecified atom stereocenters. The predicted molar refractivity (Wildman–Crippen MR) is 94.8 cm³/mol. The normalized spacial score (nSPS) is 13.2. The summed E-state index contributed by atoms with van der Waals surface area (Å²) in [4.78, 5) is 0. The smallest absolute Gasteiger partial charge is 0.361 e. The number of benzene rings is 1. The lowest BCUT2D eigenvalue weighted by atomic mass is 10.2. The molecular formula is C16H29O4PSi. The minimum Gasteiger partial charge on any atom is -0.543 e. The summed E-state index contributed by atoms with van der Waals surface area (Å²) >= 11 is 0. The molecule has 4 nitrogen and oxygen atoms in total. The van der Waals surface area contributed by atoms with Crippen molar-refractivity contribution in [3.63, 3.8) is 0 Å². The average Bonchev–Trinajstić information content (AvgIpc) is 2.37. The van der Waals surface area contributed by atoms with Crippen molar-refractivity contribution in [2.45, 2.75) is 52.8 Å². The van der Waals surface area contributed by atoms with Gasteiger partial charge in [0.2, 0.25) is 8.32 Å². The third-order valence-corrected chi connectivity index (χ3v) is 10.4. The van der Waals surface area contributed by atoms with Crippen molar-refractivity contribution >= 4 is 21.2 Å². The van der Waals surface area contributed by atoms with Crippen LogP contribution in [-0.2, 0) is 13.6 Å². The number of hydrogen-bond donors (Lipinski definition) is 0. The van der Waals surface area contributed by atoms with Crippen LogP contribution in [0.25, 0.3) is 0 Å². The zero-order chi connectivity index (χ0) is 17.0. The van der Waals surface area contributed by atoms with E-state index in [0.29, 0.717) is 18.5 Å². The lowest BCUT2D eigenvalue weighted by molar-refractivity contribution is 0.230. The fraction of sp³-hybridized carbons (Fsp3) is 0.625. The quantitative estimate of drug-likeness (QED) is 0.518. The molecule has 126 valence electrons. The van der Waals surface area contributed by atoms with E-state index in [-0.39, 0.29) is 5.04 Å². The van der Waals surface area contributed by atoms with Crippen molar-refractivity contribution < 1.29 is 18.0 Å². The van der Waals surface area contributed by atoms with Gasteiger partial charge in [-0.1, -0.05) is 26.8 Å². The summed E-state index contributed by atoms with van der Waals surface area (Å²) in [6.07, 6.45) is 0. The van der Waals surface area contributed by atoms with Crippen LogP contribution < -0.4 is 9.73 Å². The molecule has 0 spiro atoms. The Morgan fingerprint density at radius 1 is 1.09 bits per heavy atom. The van der Waals surface area contributed by atoms with Crippen LogP contribution in [0.3, 0.4) is 0 Å². The molecule has 0 atom stereocenters. The zero-order valence-corrected chi connectivity index (χ0v) is 16.7. The van der Waals surface area contributed by atoms with Gasteiger partial charge in [0.15, 0.2) is 0 Å². The zero-order valence-electron chi connectivity index (χ0n) is 14.8. The van der Waals surface area contributed by atoms with Crippen LogP contribution in [0, 0.1) is 0 Å². The standard InChI is InChI=1S/C16H29O4PSi/c1-8-18-21(17,19-9-2)15-12-10-11-14(13-15)20-22(6,7)16(3,4)5/h10-13H,8-9H2,1-7H3. The molecule has 0 amide bonds. The second kappa shape index (κ2) is 7.31. The molecule has 0 aliphatic heterocycles. The first-order valence-corrected chi connectivity index (χ1v) is 12.2. The summed E-state index contributed by atoms with van der Waals surface area (Å²) in [5.41, 5.74) is 0. The second-order valence-electron chi connectivity index (χ2n) is 6.69. The van der Waals surface area contributed by atoms with Crippen molar-refractivity contribution in [2.24, 2.45) is 0 Å². The van der Waals surface area contributed by atoms with Gasteiger partial charge in [0.25, 0.3) is 0 Å². The summed E-state index contributed by atoms with van der Waals surface area (Å²) in [6.45, 7) is 15.2. The Bertz CT molecular complexity index is 527. The van der Waals surface area contributed by atoms with E-state index in [2.05, 4.69) is 33.9 Å². The first kappa shape index (κ1) is 19.4. The highest BCUT2D eigenvalue weighted by molar-refractivity contribution is 7.62. The highest BCUT2D eigenvalue weighted by Crippen LogP contribution is 2.47. The van der Waals surface area contributed by atoms with E-state index in [1.54, 1.807) is 12.1 Å². The minimum absolute atomic E-state index is 0.104. The van der Waals surface area contributed by atoms with Gasteiger partial charge in [-0.3, -0.25) is 4.57 Å². The molecule has 0 heterocycles. The van der Waals surface area contributed by atoms with Crippen LogP contribution in [0.5, 0.6) is 5.75 Å². The van der Waals surface area contributed by atoms with E-state index in [1.165, 1.54) is 0 Å². The maximum atomic E-state index is 12.8. The molecule has 0 saturated carbocycles. The first-order chi connectivity index (χ1) is 10.1. The lowest BCUT2D eigenvalue weighted by Crippen LogP contribution is -2.44. The van der Waals surface area contributed by atoms with Gasteiger partial charge in [0.1, 0.15) is 5.75 Å². The summed E-state index contributed by atoms with van der Waals surface area (Å²) < 4.78 is 29.9. The fourth-order valence-corrected chi connectivity index (χ4v) is 4.32. The largest absolute Gasteiger partial charge is 0.543 e. The summed E-state index contributed by atoms with van der Waals surface area (Å²) in [5.74, 6) is 0.726. The third kappa shape index (κ3) is 4.69. The van der Waals surface area contributed by atoms with Gasteiger partial charge in [-0.25, -0.2) is 0 Å². The van der Waals surface area contributed by atoms with Crippen LogP contribution >= 0.6 is 7.60 Å². The van der Waals surface area contributed by atoms with E-state index >= 15 is 0 Å². The molecule has 0 radical (unpaired) electrons. The van der Waals surface area contributed by atoms with Crippen LogP contribution in [-0.4, -0.2) is 21.5 Å². The van der Waals surface area contributed by atoms with Crippen LogP contribution in [0.15, 0.2) is 24.3 Å². The molecule has 0 aliphatic rings. The van der Waals surface area contributed by atoms with E-state index in [1.807, 2.05) is 26.0 Å². The number of rotatable bonds is 7. The molecule has 0 saturated heterocycles. The van der Waals surface area contributed by atoms with Crippen molar-refractivity contribution in [3.8, 4) is 5.75 Å². The molecule has 1 aromatic rings. The second-order valence-corrected chi connectivity index (χ2v) is 13.4. The van der Waals surface area contributed by atoms with E-state index < -0.39 is 15.9 Å². The van der Waals surface area contributed by atoms with Crippen molar-refractivity contribution in [3.05, 3.63) is 24.3 Å². The van der Waals surface area contributed by atoms with Crippen LogP contribution in [0.2, 0.25) is 18.1 Å². The molecule has 0 fully saturated rings. The maximum Gasteiger partial charge on any atom is 0.361 e. The Labute approximate surface area is 135 Å². The van der Waals surface area contributed by atoms with Crippen molar-refractivity contribution in [1.29, 1.82) is 0 Å². The van der Waals surface area contributed by atoms with Crippen LogP contribution in [0.1, 0.15) is 34.6 Å². The molecule has 0 bridgehead atoms. The Morgan fingerprint density at radius 3 is 2.09 bits per heavy atom. The van der Waals surface area contributed by atoms with Gasteiger partial charge in [-0.2, -0.15) is 0 Å². The molecule has 6 heteroatoms. The molecule has 1 aromatic carbocycles. The average molecular weight is 344 g/mol. The molecule has 22 heavy (non-hydrogen) atoms. The fourth-order valence-electron chi connectivity index (χ4n) is 1.69. The number of hydrogen-bond acceptors (Lipinski definition) is 4. The van der Waals surface area contributed by atoms with Gasteiger partial charge in [-0.15, -0.1) is 0 Å². The lowest BCUT2D eigenvalue weighted by Gasteiger charge is -2.36. The van der Waals surface area contributed by atoms with Gasteiger partial charge in [-0.05, 0) is 50.2 Å². The van der Waals surface area contributed by atoms with E-state index in [0.717, 1.165) is 5.75 Å². The molecule has 0 N–H and O–H groups in total. The first-order valence-electron chi connectivity index (χ1n) is 7.74. The highest BCUT2D eigenvalue weighted by Gasteiger charge is 2.39. The monoisotopic (exact) mass is 344 g/mol. The molecule has 0 aliphatic carbocycles. The Morgan fingerprint density at radius 2 is 1.64 bits per heavy atom. The SMILES string of the molecule is CCOP(=O)(OCC)c1cccc(O[Si](C)(C)C(C)(C)C)c1. The minimum atomic E-state index is -3.27. The topological polar surface area (TPSA) is 44.8 Å². The Hall–Kier alpha value is -0.613. The van der Waals surface area contributed by atoms with Gasteiger partial charge in [0.05, 0.1) is 18.5 Å². The van der Waals surface area contributed by atoms with Crippen LogP contribution in [0.4, 0.5) is 0 Å². The molecule has 0 aromatic heterocycles. The molecule has 1 rings (SSSR count). The molecular weight excluding hydrogens is 315 g/mol. The predicted octanol–water partition coefficient (Wildman–Crippen LogP) is 4.96. The highest BCUT2D eigenvalue weighted by atomic mass is 31.2. The summed E-state index contributed by atoms with van der Waals surface area (Å²) in [6, 6.07) is 7.28. The van der Waals surface area contributed by atoms with Crippen molar-refractivity contribution in [2.75, 3.05) is 13.2 Å². The maximum absolute atomic E-state index is 12.8. The van der Waals surface area contributed by atoms with Crippen molar-refractivity contribution in [1.82, 2.24) is 0 Å². The Balaban J connectivity index is 3.11. The van der Waals surface area contributed by atoms with E-state index in [9.17, 15) is 4.57 Å². The summed E-state index contributed by atoms with van der Waals surface area (Å²) in [7, 11) is -5.21. The summed E-state index contributed by atoms with van der Waals surface area (Å²) in [5, 5.41) is 0.652. The Kier molecular flexibility index (Phi) is 6.45. The van der Waals surface area contributed by atoms with Gasteiger partial charge in [0, 0.05) is 0 Å².